The van der Waals surface area contributed by atoms with Crippen molar-refractivity contribution in [3.05, 3.63) is 41.0 Å². The average molecular weight is 492 g/mol. The summed E-state index contributed by atoms with van der Waals surface area (Å²) in [5.74, 6) is 2.02. The number of hydrogen-bond acceptors (Lipinski definition) is 9. The number of ether oxygens (including phenoxy) is 2. The Morgan fingerprint density at radius 1 is 0.939 bits per heavy atom. The highest BCUT2D eigenvalue weighted by Gasteiger charge is 2.19. The topological polar surface area (TPSA) is 97.3 Å². The van der Waals surface area contributed by atoms with E-state index in [1.54, 1.807) is 12.3 Å². The van der Waals surface area contributed by atoms with Gasteiger partial charge in [-0.15, -0.1) is 0 Å². The summed E-state index contributed by atoms with van der Waals surface area (Å²) >= 11 is 13.0. The molecule has 0 aliphatic rings. The van der Waals surface area contributed by atoms with Crippen LogP contribution in [0.15, 0.2) is 31.0 Å². The van der Waals surface area contributed by atoms with Gasteiger partial charge in [-0.1, -0.05) is 23.2 Å². The van der Waals surface area contributed by atoms with Gasteiger partial charge in [0.15, 0.2) is 0 Å². The highest BCUT2D eigenvalue weighted by Crippen LogP contribution is 2.45. The average Bonchev–Trinajstić information content (AvgIpc) is 2.82. The van der Waals surface area contributed by atoms with Gasteiger partial charge in [0.05, 0.1) is 31.2 Å². The Bertz CT molecular complexity index is 1050. The molecule has 0 bridgehead atoms. The van der Waals surface area contributed by atoms with Gasteiger partial charge in [0.1, 0.15) is 45.8 Å². The predicted octanol–water partition coefficient (Wildman–Crippen LogP) is 4.75. The van der Waals surface area contributed by atoms with Crippen molar-refractivity contribution in [2.24, 2.45) is 0 Å². The van der Waals surface area contributed by atoms with E-state index < -0.39 is 0 Å². The van der Waals surface area contributed by atoms with Gasteiger partial charge in [-0.25, -0.2) is 19.9 Å². The third-order valence-electron chi connectivity index (χ3n) is 4.81. The maximum absolute atomic E-state index is 6.51. The number of rotatable bonds is 11. The largest absolute Gasteiger partial charge is 0.495 e. The fourth-order valence-electron chi connectivity index (χ4n) is 3.10. The molecule has 0 unspecified atom stereocenters. The van der Waals surface area contributed by atoms with Crippen LogP contribution in [0.1, 0.15) is 12.8 Å². The number of hydrogen-bond donors (Lipinski definition) is 2. The van der Waals surface area contributed by atoms with Gasteiger partial charge in [0, 0.05) is 24.9 Å². The standard InChI is InChI=1S/C22H27Cl2N7O2/c1-31(2)8-6-5-7-26-18-9-15(27-13-28-18)14-11-25-12-29-22(14)30-21-19(23)16(32-3)10-17(33-4)20(21)24/h9-13H,5-8H2,1-4H3,(H,25,29,30)(H,26,27,28). The van der Waals surface area contributed by atoms with Crippen molar-refractivity contribution in [1.29, 1.82) is 0 Å². The smallest absolute Gasteiger partial charge is 0.143 e. The van der Waals surface area contributed by atoms with E-state index in [1.165, 1.54) is 26.9 Å². The van der Waals surface area contributed by atoms with Crippen LogP contribution in [-0.2, 0) is 0 Å². The van der Waals surface area contributed by atoms with Crippen LogP contribution >= 0.6 is 23.2 Å². The molecule has 0 saturated heterocycles. The summed E-state index contributed by atoms with van der Waals surface area (Å²) < 4.78 is 10.7. The molecule has 0 saturated carbocycles. The SMILES string of the molecule is COc1cc(OC)c(Cl)c(Nc2ncncc2-c2cc(NCCCCN(C)C)ncn2)c1Cl. The van der Waals surface area contributed by atoms with Crippen LogP contribution in [0.5, 0.6) is 11.5 Å². The van der Waals surface area contributed by atoms with Crippen molar-refractivity contribution in [3.63, 3.8) is 0 Å². The zero-order chi connectivity index (χ0) is 23.8. The highest BCUT2D eigenvalue weighted by molar-refractivity contribution is 6.41. The van der Waals surface area contributed by atoms with E-state index in [1.807, 2.05) is 6.07 Å². The molecule has 11 heteroatoms. The Balaban J connectivity index is 1.85. The van der Waals surface area contributed by atoms with Crippen LogP contribution in [0.2, 0.25) is 10.0 Å². The fourth-order valence-corrected chi connectivity index (χ4v) is 3.70. The molecule has 2 N–H and O–H groups in total. The Kier molecular flexibility index (Phi) is 8.87. The zero-order valence-corrected chi connectivity index (χ0v) is 20.5. The van der Waals surface area contributed by atoms with E-state index in [0.717, 1.165) is 31.7 Å². The molecule has 9 nitrogen and oxygen atoms in total. The predicted molar refractivity (Wildman–Crippen MR) is 132 cm³/mol. The molecule has 3 rings (SSSR count). The number of aromatic nitrogens is 4. The van der Waals surface area contributed by atoms with Crippen molar-refractivity contribution in [2.45, 2.75) is 12.8 Å². The van der Waals surface area contributed by atoms with Crippen LogP contribution in [0, 0.1) is 0 Å². The van der Waals surface area contributed by atoms with Gasteiger partial charge in [-0.2, -0.15) is 0 Å². The summed E-state index contributed by atoms with van der Waals surface area (Å²) in [6.07, 6.45) is 6.73. The molecule has 3 aromatic rings. The Morgan fingerprint density at radius 3 is 2.33 bits per heavy atom. The zero-order valence-electron chi connectivity index (χ0n) is 19.0. The fraction of sp³-hybridized carbons (Fsp3) is 0.364. The number of methoxy groups -OCH3 is 2. The lowest BCUT2D eigenvalue weighted by Crippen LogP contribution is -2.14. The molecule has 2 aromatic heterocycles. The molecule has 1 aromatic carbocycles. The first-order valence-corrected chi connectivity index (χ1v) is 11.1. The first-order valence-electron chi connectivity index (χ1n) is 10.3. The molecule has 33 heavy (non-hydrogen) atoms. The highest BCUT2D eigenvalue weighted by atomic mass is 35.5. The van der Waals surface area contributed by atoms with Crippen molar-refractivity contribution in [2.75, 3.05) is 52.0 Å². The maximum Gasteiger partial charge on any atom is 0.143 e. The molecule has 0 aliphatic heterocycles. The minimum Gasteiger partial charge on any atom is -0.495 e. The number of nitrogens with one attached hydrogen (secondary N) is 2. The lowest BCUT2D eigenvalue weighted by Gasteiger charge is -2.17. The van der Waals surface area contributed by atoms with Crippen LogP contribution in [0.25, 0.3) is 11.3 Å². The lowest BCUT2D eigenvalue weighted by molar-refractivity contribution is 0.395. The second-order valence-electron chi connectivity index (χ2n) is 7.42. The Hall–Kier alpha value is -2.88. The lowest BCUT2D eigenvalue weighted by atomic mass is 10.2. The molecule has 0 aliphatic carbocycles. The van der Waals surface area contributed by atoms with E-state index in [0.29, 0.717) is 44.3 Å². The first kappa shape index (κ1) is 24.8. The first-order chi connectivity index (χ1) is 15.9. The van der Waals surface area contributed by atoms with E-state index in [9.17, 15) is 0 Å². The minimum atomic E-state index is 0.302. The molecule has 0 spiro atoms. The third-order valence-corrected chi connectivity index (χ3v) is 5.56. The van der Waals surface area contributed by atoms with E-state index >= 15 is 0 Å². The van der Waals surface area contributed by atoms with Gasteiger partial charge in [0.25, 0.3) is 0 Å². The summed E-state index contributed by atoms with van der Waals surface area (Å²) in [6.45, 7) is 1.86. The van der Waals surface area contributed by atoms with Gasteiger partial charge < -0.3 is 25.0 Å². The van der Waals surface area contributed by atoms with E-state index in [-0.39, 0.29) is 0 Å². The number of unbranched alkanes of at least 4 members (excludes halogenated alkanes) is 1. The van der Waals surface area contributed by atoms with Crippen molar-refractivity contribution in [1.82, 2.24) is 24.8 Å². The van der Waals surface area contributed by atoms with Crippen LogP contribution in [-0.4, -0.2) is 66.2 Å². The second kappa shape index (κ2) is 11.8. The minimum absolute atomic E-state index is 0.302. The number of benzene rings is 1. The second-order valence-corrected chi connectivity index (χ2v) is 8.18. The summed E-state index contributed by atoms with van der Waals surface area (Å²) in [7, 11) is 7.17. The Morgan fingerprint density at radius 2 is 1.67 bits per heavy atom. The van der Waals surface area contributed by atoms with Gasteiger partial charge in [0.2, 0.25) is 0 Å². The van der Waals surface area contributed by atoms with Crippen LogP contribution in [0.3, 0.4) is 0 Å². The van der Waals surface area contributed by atoms with Crippen molar-refractivity contribution in [3.8, 4) is 22.8 Å². The molecule has 0 fully saturated rings. The van der Waals surface area contributed by atoms with Crippen molar-refractivity contribution >= 4 is 40.5 Å². The molecule has 176 valence electrons. The molecule has 2 heterocycles. The molecule has 0 amide bonds. The maximum atomic E-state index is 6.51. The van der Waals surface area contributed by atoms with Gasteiger partial charge in [-0.3, -0.25) is 0 Å². The summed E-state index contributed by atoms with van der Waals surface area (Å²) in [5.41, 5.74) is 1.71. The number of halogens is 2. The number of nitrogens with zero attached hydrogens (tertiary/aromatic N) is 5. The monoisotopic (exact) mass is 491 g/mol. The normalized spacial score (nSPS) is 10.9. The third kappa shape index (κ3) is 6.34. The molecular weight excluding hydrogens is 465 g/mol. The van der Waals surface area contributed by atoms with E-state index in [2.05, 4.69) is 49.6 Å². The summed E-state index contributed by atoms with van der Waals surface area (Å²) in [6, 6.07) is 3.48. The van der Waals surface area contributed by atoms with Gasteiger partial charge in [-0.05, 0) is 33.5 Å². The van der Waals surface area contributed by atoms with Crippen LogP contribution < -0.4 is 20.1 Å². The molecule has 0 radical (unpaired) electrons. The van der Waals surface area contributed by atoms with Crippen LogP contribution in [0.4, 0.5) is 17.3 Å². The summed E-state index contributed by atoms with van der Waals surface area (Å²) in [4.78, 5) is 19.4. The summed E-state index contributed by atoms with van der Waals surface area (Å²) in [5, 5.41) is 7.13. The Labute approximate surface area is 203 Å². The van der Waals surface area contributed by atoms with Crippen molar-refractivity contribution < 1.29 is 9.47 Å². The molecule has 0 atom stereocenters. The number of anilines is 3. The van der Waals surface area contributed by atoms with E-state index in [4.69, 9.17) is 32.7 Å². The quantitative estimate of drug-likeness (QED) is 0.368. The van der Waals surface area contributed by atoms with Gasteiger partial charge >= 0.3 is 0 Å². The molecular formula is C22H27Cl2N7O2.